The molecule has 20 heavy (non-hydrogen) atoms. The van der Waals surface area contributed by atoms with Crippen LogP contribution in [0.5, 0.6) is 0 Å². The minimum Gasteiger partial charge on any atom is -0.319 e. The molecule has 3 heteroatoms. The third-order valence-electron chi connectivity index (χ3n) is 5.75. The molecule has 0 aromatic heterocycles. The summed E-state index contributed by atoms with van der Waals surface area (Å²) in [6.07, 6.45) is 11.6. The van der Waals surface area contributed by atoms with E-state index >= 15 is 0 Å². The van der Waals surface area contributed by atoms with Crippen LogP contribution in [0.1, 0.15) is 51.4 Å². The summed E-state index contributed by atoms with van der Waals surface area (Å²) in [5.41, 5.74) is 0.563. The zero-order chi connectivity index (χ0) is 13.8. The number of nitrogens with zero attached hydrogens (tertiary/aromatic N) is 2. The van der Waals surface area contributed by atoms with Gasteiger partial charge in [-0.2, -0.15) is 0 Å². The zero-order valence-electron chi connectivity index (χ0n) is 13.4. The molecule has 0 radical (unpaired) electrons. The molecule has 3 nitrogen and oxygen atoms in total. The molecule has 2 saturated carbocycles. The minimum atomic E-state index is 0.563. The maximum atomic E-state index is 3.50. The van der Waals surface area contributed by atoms with Gasteiger partial charge in [-0.15, -0.1) is 0 Å². The standard InChI is InChI=1S/C17H33N3/c1-18-14-17(8-4-2-3-5-9-17)15-19-10-12-20(13-11-19)16-6-7-16/h16,18H,2-15H2,1H3. The van der Waals surface area contributed by atoms with E-state index in [2.05, 4.69) is 22.2 Å². The molecule has 0 aromatic carbocycles. The van der Waals surface area contributed by atoms with E-state index in [1.807, 2.05) is 0 Å². The highest BCUT2D eigenvalue weighted by molar-refractivity contribution is 4.91. The van der Waals surface area contributed by atoms with E-state index in [4.69, 9.17) is 0 Å². The summed E-state index contributed by atoms with van der Waals surface area (Å²) in [5, 5.41) is 3.50. The van der Waals surface area contributed by atoms with Gasteiger partial charge in [-0.1, -0.05) is 25.7 Å². The van der Waals surface area contributed by atoms with Crippen LogP contribution in [0.25, 0.3) is 0 Å². The average molecular weight is 279 g/mol. The van der Waals surface area contributed by atoms with Crippen molar-refractivity contribution in [2.75, 3.05) is 46.3 Å². The minimum absolute atomic E-state index is 0.563. The highest BCUT2D eigenvalue weighted by Gasteiger charge is 2.35. The molecule has 3 rings (SSSR count). The van der Waals surface area contributed by atoms with Crippen molar-refractivity contribution in [1.29, 1.82) is 0 Å². The summed E-state index contributed by atoms with van der Waals surface area (Å²) >= 11 is 0. The highest BCUT2D eigenvalue weighted by Crippen LogP contribution is 2.36. The number of hydrogen-bond acceptors (Lipinski definition) is 3. The summed E-state index contributed by atoms with van der Waals surface area (Å²) in [6, 6.07) is 0.960. The molecule has 1 saturated heterocycles. The Bertz CT molecular complexity index is 285. The Morgan fingerprint density at radius 3 is 2.15 bits per heavy atom. The molecule has 2 aliphatic carbocycles. The molecule has 0 amide bonds. The topological polar surface area (TPSA) is 18.5 Å². The van der Waals surface area contributed by atoms with Crippen molar-refractivity contribution >= 4 is 0 Å². The Hall–Kier alpha value is -0.120. The van der Waals surface area contributed by atoms with Crippen LogP contribution in [0.4, 0.5) is 0 Å². The predicted octanol–water partition coefficient (Wildman–Crippen LogP) is 2.33. The molecule has 0 atom stereocenters. The van der Waals surface area contributed by atoms with Crippen molar-refractivity contribution in [2.45, 2.75) is 57.4 Å². The fourth-order valence-corrected chi connectivity index (χ4v) is 4.44. The van der Waals surface area contributed by atoms with Gasteiger partial charge in [0, 0.05) is 45.3 Å². The van der Waals surface area contributed by atoms with Crippen molar-refractivity contribution in [2.24, 2.45) is 5.41 Å². The number of hydrogen-bond donors (Lipinski definition) is 1. The molecule has 0 spiro atoms. The van der Waals surface area contributed by atoms with Crippen LogP contribution in [0, 0.1) is 5.41 Å². The first-order chi connectivity index (χ1) is 9.81. The van der Waals surface area contributed by atoms with Gasteiger partial charge in [0.25, 0.3) is 0 Å². The second kappa shape index (κ2) is 6.76. The third-order valence-corrected chi connectivity index (χ3v) is 5.75. The van der Waals surface area contributed by atoms with Crippen LogP contribution >= 0.6 is 0 Å². The van der Waals surface area contributed by atoms with Gasteiger partial charge < -0.3 is 10.2 Å². The van der Waals surface area contributed by atoms with Crippen molar-refractivity contribution in [1.82, 2.24) is 15.1 Å². The van der Waals surface area contributed by atoms with E-state index in [1.54, 1.807) is 0 Å². The van der Waals surface area contributed by atoms with Crippen molar-refractivity contribution in [3.63, 3.8) is 0 Å². The molecular formula is C17H33N3. The second-order valence-corrected chi connectivity index (χ2v) is 7.49. The van der Waals surface area contributed by atoms with Gasteiger partial charge in [-0.25, -0.2) is 0 Å². The average Bonchev–Trinajstić information content (AvgIpc) is 3.28. The smallest absolute Gasteiger partial charge is 0.0113 e. The summed E-state index contributed by atoms with van der Waals surface area (Å²) in [6.45, 7) is 7.81. The van der Waals surface area contributed by atoms with Gasteiger partial charge in [-0.05, 0) is 38.1 Å². The van der Waals surface area contributed by atoms with Gasteiger partial charge in [0.05, 0.1) is 0 Å². The lowest BCUT2D eigenvalue weighted by molar-refractivity contribution is 0.0725. The van der Waals surface area contributed by atoms with Crippen LogP contribution in [0.2, 0.25) is 0 Å². The monoisotopic (exact) mass is 279 g/mol. The van der Waals surface area contributed by atoms with E-state index in [1.165, 1.54) is 90.6 Å². The van der Waals surface area contributed by atoms with E-state index < -0.39 is 0 Å². The van der Waals surface area contributed by atoms with Crippen LogP contribution in [0.15, 0.2) is 0 Å². The summed E-state index contributed by atoms with van der Waals surface area (Å²) in [5.74, 6) is 0. The van der Waals surface area contributed by atoms with Crippen LogP contribution in [-0.4, -0.2) is 62.2 Å². The molecule has 3 aliphatic rings. The molecule has 3 fully saturated rings. The molecule has 0 unspecified atom stereocenters. The zero-order valence-corrected chi connectivity index (χ0v) is 13.4. The van der Waals surface area contributed by atoms with Gasteiger partial charge in [-0.3, -0.25) is 4.90 Å². The Morgan fingerprint density at radius 2 is 1.60 bits per heavy atom. The van der Waals surface area contributed by atoms with Crippen LogP contribution in [-0.2, 0) is 0 Å². The Balaban J connectivity index is 1.53. The van der Waals surface area contributed by atoms with Gasteiger partial charge in [0.1, 0.15) is 0 Å². The van der Waals surface area contributed by atoms with Crippen molar-refractivity contribution < 1.29 is 0 Å². The summed E-state index contributed by atoms with van der Waals surface area (Å²) in [7, 11) is 2.14. The molecule has 1 heterocycles. The number of nitrogens with one attached hydrogen (secondary N) is 1. The fraction of sp³-hybridized carbons (Fsp3) is 1.00. The fourth-order valence-electron chi connectivity index (χ4n) is 4.44. The first-order valence-corrected chi connectivity index (χ1v) is 8.92. The van der Waals surface area contributed by atoms with Crippen LogP contribution in [0.3, 0.4) is 0 Å². The lowest BCUT2D eigenvalue weighted by atomic mass is 9.79. The van der Waals surface area contributed by atoms with E-state index in [0.29, 0.717) is 5.41 Å². The van der Waals surface area contributed by atoms with Crippen molar-refractivity contribution in [3.05, 3.63) is 0 Å². The number of rotatable bonds is 5. The van der Waals surface area contributed by atoms with E-state index in [-0.39, 0.29) is 0 Å². The van der Waals surface area contributed by atoms with E-state index in [0.717, 1.165) is 6.04 Å². The van der Waals surface area contributed by atoms with Gasteiger partial charge >= 0.3 is 0 Å². The van der Waals surface area contributed by atoms with Crippen LogP contribution < -0.4 is 5.32 Å². The molecule has 0 bridgehead atoms. The maximum Gasteiger partial charge on any atom is 0.0113 e. The molecular weight excluding hydrogens is 246 g/mol. The maximum absolute atomic E-state index is 3.50. The molecule has 1 N–H and O–H groups in total. The molecule has 0 aromatic rings. The third kappa shape index (κ3) is 3.75. The Labute approximate surface area is 125 Å². The quantitative estimate of drug-likeness (QED) is 0.779. The Morgan fingerprint density at radius 1 is 0.950 bits per heavy atom. The molecule has 116 valence electrons. The largest absolute Gasteiger partial charge is 0.319 e. The van der Waals surface area contributed by atoms with Crippen molar-refractivity contribution in [3.8, 4) is 0 Å². The summed E-state index contributed by atoms with van der Waals surface area (Å²) in [4.78, 5) is 5.50. The predicted molar refractivity (Wildman–Crippen MR) is 85.1 cm³/mol. The highest BCUT2D eigenvalue weighted by atomic mass is 15.3. The Kier molecular flexibility index (Phi) is 5.00. The van der Waals surface area contributed by atoms with Gasteiger partial charge in [0.15, 0.2) is 0 Å². The molecule has 1 aliphatic heterocycles. The second-order valence-electron chi connectivity index (χ2n) is 7.49. The normalized spacial score (nSPS) is 29.2. The van der Waals surface area contributed by atoms with Gasteiger partial charge in [0.2, 0.25) is 0 Å². The SMILES string of the molecule is CNCC1(CN2CCN(C3CC3)CC2)CCCCCC1. The lowest BCUT2D eigenvalue weighted by Crippen LogP contribution is -2.52. The summed E-state index contributed by atoms with van der Waals surface area (Å²) < 4.78 is 0. The van der Waals surface area contributed by atoms with E-state index in [9.17, 15) is 0 Å². The first kappa shape index (κ1) is 14.8. The first-order valence-electron chi connectivity index (χ1n) is 8.92. The lowest BCUT2D eigenvalue weighted by Gasteiger charge is -2.42. The number of piperazine rings is 1.